The van der Waals surface area contributed by atoms with Crippen LogP contribution in [-0.4, -0.2) is 8.42 Å². The van der Waals surface area contributed by atoms with Gasteiger partial charge in [0.15, 0.2) is 0 Å². The van der Waals surface area contributed by atoms with Crippen LogP contribution in [0.2, 0.25) is 0 Å². The van der Waals surface area contributed by atoms with Gasteiger partial charge < -0.3 is 4.18 Å². The quantitative estimate of drug-likeness (QED) is 0.796. The van der Waals surface area contributed by atoms with Crippen molar-refractivity contribution in [2.24, 2.45) is 0 Å². The average Bonchev–Trinajstić information content (AvgIpc) is 2.36. The summed E-state index contributed by atoms with van der Waals surface area (Å²) >= 11 is 0. The Bertz CT molecular complexity index is 779. The van der Waals surface area contributed by atoms with Crippen LogP contribution in [0.3, 0.4) is 0 Å². The Labute approximate surface area is 126 Å². The van der Waals surface area contributed by atoms with Crippen molar-refractivity contribution in [3.05, 3.63) is 59.2 Å². The minimum Gasteiger partial charge on any atom is -0.379 e. The standard InChI is InChI=1S/C15H13F3O3S/c1-10-3-5-14(6-4-10)22(19,20)21-13-8-11(2)7-12(9-13)15(16,17)18/h3-9H,1-2H3. The van der Waals surface area contributed by atoms with Crippen LogP contribution in [0.4, 0.5) is 13.2 Å². The molecule has 0 aliphatic heterocycles. The van der Waals surface area contributed by atoms with Gasteiger partial charge in [0.2, 0.25) is 0 Å². The first kappa shape index (κ1) is 16.4. The average molecular weight is 330 g/mol. The summed E-state index contributed by atoms with van der Waals surface area (Å²) in [7, 11) is -4.18. The zero-order chi connectivity index (χ0) is 16.5. The van der Waals surface area contributed by atoms with Gasteiger partial charge >= 0.3 is 16.3 Å². The summed E-state index contributed by atoms with van der Waals surface area (Å²) in [6, 6.07) is 8.66. The molecule has 0 aliphatic rings. The van der Waals surface area contributed by atoms with E-state index in [0.29, 0.717) is 6.07 Å². The zero-order valence-corrected chi connectivity index (χ0v) is 12.6. The third kappa shape index (κ3) is 3.79. The fourth-order valence-corrected chi connectivity index (χ4v) is 2.75. The van der Waals surface area contributed by atoms with Crippen LogP contribution in [0.15, 0.2) is 47.4 Å². The summed E-state index contributed by atoms with van der Waals surface area (Å²) in [5, 5.41) is 0. The van der Waals surface area contributed by atoms with Crippen LogP contribution in [0.25, 0.3) is 0 Å². The highest BCUT2D eigenvalue weighted by atomic mass is 32.2. The predicted octanol–water partition coefficient (Wildman–Crippen LogP) is 4.09. The molecule has 0 saturated heterocycles. The Morgan fingerprint density at radius 1 is 0.909 bits per heavy atom. The van der Waals surface area contributed by atoms with Gasteiger partial charge in [0.1, 0.15) is 10.6 Å². The Morgan fingerprint density at radius 3 is 2.05 bits per heavy atom. The van der Waals surface area contributed by atoms with E-state index < -0.39 is 21.9 Å². The summed E-state index contributed by atoms with van der Waals surface area (Å²) in [6.45, 7) is 3.22. The second-order valence-electron chi connectivity index (χ2n) is 4.88. The smallest absolute Gasteiger partial charge is 0.379 e. The fourth-order valence-electron chi connectivity index (χ4n) is 1.84. The van der Waals surface area contributed by atoms with Crippen molar-refractivity contribution < 1.29 is 25.8 Å². The molecule has 0 saturated carbocycles. The number of aryl methyl sites for hydroxylation is 2. The van der Waals surface area contributed by atoms with Gasteiger partial charge in [-0.2, -0.15) is 21.6 Å². The third-order valence-electron chi connectivity index (χ3n) is 2.89. The SMILES string of the molecule is Cc1ccc(S(=O)(=O)Oc2cc(C)cc(C(F)(F)F)c2)cc1. The maximum atomic E-state index is 12.7. The lowest BCUT2D eigenvalue weighted by atomic mass is 10.1. The molecule has 7 heteroatoms. The maximum Gasteiger partial charge on any atom is 0.416 e. The number of benzene rings is 2. The largest absolute Gasteiger partial charge is 0.416 e. The number of halogens is 3. The fraction of sp³-hybridized carbons (Fsp3) is 0.200. The molecule has 0 aromatic heterocycles. The first-order chi connectivity index (χ1) is 10.1. The topological polar surface area (TPSA) is 43.4 Å². The van der Waals surface area contributed by atoms with E-state index in [-0.39, 0.29) is 16.2 Å². The number of rotatable bonds is 3. The van der Waals surface area contributed by atoms with Crippen LogP contribution < -0.4 is 4.18 Å². The van der Waals surface area contributed by atoms with E-state index in [1.807, 2.05) is 0 Å². The molecule has 0 amide bonds. The highest BCUT2D eigenvalue weighted by Gasteiger charge is 2.31. The van der Waals surface area contributed by atoms with E-state index in [0.717, 1.165) is 11.6 Å². The molecule has 0 atom stereocenters. The van der Waals surface area contributed by atoms with Crippen molar-refractivity contribution in [1.82, 2.24) is 0 Å². The van der Waals surface area contributed by atoms with Gasteiger partial charge in [-0.1, -0.05) is 17.7 Å². The maximum absolute atomic E-state index is 12.7. The molecule has 3 nitrogen and oxygen atoms in total. The highest BCUT2D eigenvalue weighted by Crippen LogP contribution is 2.33. The van der Waals surface area contributed by atoms with E-state index in [9.17, 15) is 21.6 Å². The zero-order valence-electron chi connectivity index (χ0n) is 11.8. The molecule has 0 spiro atoms. The Hall–Kier alpha value is -2.02. The summed E-state index contributed by atoms with van der Waals surface area (Å²) in [5.41, 5.74) is 0.152. The Morgan fingerprint density at radius 2 is 1.50 bits per heavy atom. The van der Waals surface area contributed by atoms with Crippen LogP contribution in [-0.2, 0) is 16.3 Å². The van der Waals surface area contributed by atoms with Crippen molar-refractivity contribution in [2.75, 3.05) is 0 Å². The van der Waals surface area contributed by atoms with Crippen LogP contribution in [0, 0.1) is 13.8 Å². The van der Waals surface area contributed by atoms with Gasteiger partial charge in [-0.05, 0) is 49.7 Å². The molecule has 0 unspecified atom stereocenters. The summed E-state index contributed by atoms with van der Waals surface area (Å²) < 4.78 is 67.2. The Balaban J connectivity index is 2.38. The monoisotopic (exact) mass is 330 g/mol. The summed E-state index contributed by atoms with van der Waals surface area (Å²) in [5.74, 6) is -0.368. The van der Waals surface area contributed by atoms with E-state index in [1.54, 1.807) is 19.1 Å². The van der Waals surface area contributed by atoms with E-state index >= 15 is 0 Å². The lowest BCUT2D eigenvalue weighted by molar-refractivity contribution is -0.137. The van der Waals surface area contributed by atoms with Crippen LogP contribution in [0.5, 0.6) is 5.75 Å². The molecule has 2 aromatic rings. The van der Waals surface area contributed by atoms with Crippen LogP contribution in [0.1, 0.15) is 16.7 Å². The van der Waals surface area contributed by atoms with Crippen LogP contribution >= 0.6 is 0 Å². The number of alkyl halides is 3. The minimum absolute atomic E-state index is 0.117. The number of hydrogen-bond acceptors (Lipinski definition) is 3. The van der Waals surface area contributed by atoms with Crippen molar-refractivity contribution in [3.8, 4) is 5.75 Å². The molecule has 0 fully saturated rings. The Kier molecular flexibility index (Phi) is 4.19. The van der Waals surface area contributed by atoms with Gasteiger partial charge in [0.25, 0.3) is 0 Å². The van der Waals surface area contributed by atoms with E-state index in [4.69, 9.17) is 4.18 Å². The van der Waals surface area contributed by atoms with Crippen molar-refractivity contribution in [1.29, 1.82) is 0 Å². The first-order valence-corrected chi connectivity index (χ1v) is 7.69. The second-order valence-corrected chi connectivity index (χ2v) is 6.43. The molecule has 22 heavy (non-hydrogen) atoms. The molecule has 0 radical (unpaired) electrons. The van der Waals surface area contributed by atoms with Gasteiger partial charge in [-0.3, -0.25) is 0 Å². The van der Waals surface area contributed by atoms with Crippen molar-refractivity contribution in [2.45, 2.75) is 24.9 Å². The normalized spacial score (nSPS) is 12.2. The predicted molar refractivity (Wildman–Crippen MR) is 75.2 cm³/mol. The molecule has 0 N–H and O–H groups in total. The molecule has 2 rings (SSSR count). The second kappa shape index (κ2) is 5.64. The third-order valence-corrected chi connectivity index (χ3v) is 4.16. The van der Waals surface area contributed by atoms with Gasteiger partial charge in [-0.15, -0.1) is 0 Å². The molecule has 0 aliphatic carbocycles. The molecular formula is C15H13F3O3S. The van der Waals surface area contributed by atoms with E-state index in [2.05, 4.69) is 0 Å². The summed E-state index contributed by atoms with van der Waals surface area (Å²) in [6.07, 6.45) is -4.57. The van der Waals surface area contributed by atoms with Crippen molar-refractivity contribution in [3.63, 3.8) is 0 Å². The first-order valence-electron chi connectivity index (χ1n) is 6.28. The van der Waals surface area contributed by atoms with Gasteiger partial charge in [0.05, 0.1) is 5.56 Å². The van der Waals surface area contributed by atoms with E-state index in [1.165, 1.54) is 25.1 Å². The minimum atomic E-state index is -4.57. The van der Waals surface area contributed by atoms with Gasteiger partial charge in [-0.25, -0.2) is 0 Å². The number of hydrogen-bond donors (Lipinski definition) is 0. The highest BCUT2D eigenvalue weighted by molar-refractivity contribution is 7.87. The summed E-state index contributed by atoms with van der Waals surface area (Å²) in [4.78, 5) is -0.117. The molecule has 2 aromatic carbocycles. The molecule has 0 bridgehead atoms. The van der Waals surface area contributed by atoms with Gasteiger partial charge in [0, 0.05) is 0 Å². The molecule has 118 valence electrons. The molecular weight excluding hydrogens is 317 g/mol. The van der Waals surface area contributed by atoms with Crippen molar-refractivity contribution >= 4 is 10.1 Å². The molecule has 0 heterocycles. The lowest BCUT2D eigenvalue weighted by Gasteiger charge is -2.12. The lowest BCUT2D eigenvalue weighted by Crippen LogP contribution is -2.11.